The quantitative estimate of drug-likeness (QED) is 0.684. The van der Waals surface area contributed by atoms with Crippen molar-refractivity contribution < 1.29 is 9.63 Å². The van der Waals surface area contributed by atoms with Gasteiger partial charge in [-0.2, -0.15) is 0 Å². The van der Waals surface area contributed by atoms with Crippen molar-refractivity contribution >= 4 is 34.2 Å². The Morgan fingerprint density at radius 3 is 2.73 bits per heavy atom. The molecule has 0 heterocycles. The third-order valence-corrected chi connectivity index (χ3v) is 2.71. The summed E-state index contributed by atoms with van der Waals surface area (Å²) in [5.74, 6) is -0.168. The molecular weight excluding hydrogens is 307 g/mol. The molecule has 1 amide bonds. The van der Waals surface area contributed by atoms with Gasteiger partial charge in [0.15, 0.2) is 0 Å². The number of carbonyl (C=O) groups excluding carboxylic acids is 1. The Bertz CT molecular complexity index is 368. The van der Waals surface area contributed by atoms with E-state index in [2.05, 4.69) is 27.9 Å². The summed E-state index contributed by atoms with van der Waals surface area (Å²) in [6.07, 6.45) is 0. The van der Waals surface area contributed by atoms with Gasteiger partial charge in [-0.15, -0.1) is 0 Å². The van der Waals surface area contributed by atoms with Gasteiger partial charge in [-0.1, -0.05) is 0 Å². The van der Waals surface area contributed by atoms with E-state index in [0.29, 0.717) is 5.56 Å². The maximum Gasteiger partial charge on any atom is 0.279 e. The number of anilines is 1. The Hall–Kier alpha value is -0.820. The molecule has 0 saturated heterocycles. The SMILES string of the molecule is CNc1cc(I)ccc1C(=O)N(C)OC. The number of hydrogen-bond donors (Lipinski definition) is 1. The minimum absolute atomic E-state index is 0.168. The van der Waals surface area contributed by atoms with Gasteiger partial charge in [0, 0.05) is 23.4 Å². The number of carbonyl (C=O) groups is 1. The van der Waals surface area contributed by atoms with Gasteiger partial charge in [-0.3, -0.25) is 9.63 Å². The third-order valence-electron chi connectivity index (χ3n) is 2.04. The molecule has 5 heteroatoms. The summed E-state index contributed by atoms with van der Waals surface area (Å²) in [5.41, 5.74) is 1.40. The number of nitrogens with zero attached hydrogens (tertiary/aromatic N) is 1. The fourth-order valence-electron chi connectivity index (χ4n) is 1.16. The van der Waals surface area contributed by atoms with Crippen LogP contribution >= 0.6 is 22.6 Å². The van der Waals surface area contributed by atoms with E-state index in [4.69, 9.17) is 4.84 Å². The number of amides is 1. The number of hydrogen-bond acceptors (Lipinski definition) is 3. The number of rotatable bonds is 3. The van der Waals surface area contributed by atoms with Crippen LogP contribution in [0.3, 0.4) is 0 Å². The first-order valence-electron chi connectivity index (χ1n) is 4.39. The smallest absolute Gasteiger partial charge is 0.279 e. The van der Waals surface area contributed by atoms with Gasteiger partial charge >= 0.3 is 0 Å². The van der Waals surface area contributed by atoms with Crippen molar-refractivity contribution in [3.8, 4) is 0 Å². The zero-order chi connectivity index (χ0) is 11.4. The van der Waals surface area contributed by atoms with Crippen molar-refractivity contribution in [2.45, 2.75) is 0 Å². The third kappa shape index (κ3) is 2.82. The highest BCUT2D eigenvalue weighted by molar-refractivity contribution is 14.1. The molecule has 0 fully saturated rings. The van der Waals surface area contributed by atoms with Crippen molar-refractivity contribution in [3.05, 3.63) is 27.3 Å². The van der Waals surface area contributed by atoms with E-state index in [9.17, 15) is 4.79 Å². The molecule has 0 aromatic heterocycles. The normalized spacial score (nSPS) is 9.87. The van der Waals surface area contributed by atoms with Crippen LogP contribution in [0.2, 0.25) is 0 Å². The molecule has 1 rings (SSSR count). The van der Waals surface area contributed by atoms with Crippen LogP contribution in [0.15, 0.2) is 18.2 Å². The highest BCUT2D eigenvalue weighted by atomic mass is 127. The zero-order valence-corrected chi connectivity index (χ0v) is 11.0. The molecule has 0 bridgehead atoms. The zero-order valence-electron chi connectivity index (χ0n) is 8.87. The summed E-state index contributed by atoms with van der Waals surface area (Å²) < 4.78 is 1.08. The second-order valence-corrected chi connectivity index (χ2v) is 4.17. The molecule has 82 valence electrons. The summed E-state index contributed by atoms with van der Waals surface area (Å²) in [7, 11) is 4.83. The predicted octanol–water partition coefficient (Wildman–Crippen LogP) is 1.97. The number of hydroxylamine groups is 2. The van der Waals surface area contributed by atoms with E-state index < -0.39 is 0 Å². The fraction of sp³-hybridized carbons (Fsp3) is 0.300. The molecule has 0 aliphatic carbocycles. The predicted molar refractivity (Wildman–Crippen MR) is 67.8 cm³/mol. The molecule has 0 unspecified atom stereocenters. The molecule has 15 heavy (non-hydrogen) atoms. The lowest BCUT2D eigenvalue weighted by Crippen LogP contribution is -2.26. The van der Waals surface area contributed by atoms with E-state index in [1.54, 1.807) is 20.2 Å². The van der Waals surface area contributed by atoms with Gasteiger partial charge in [0.1, 0.15) is 0 Å². The second-order valence-electron chi connectivity index (χ2n) is 2.93. The highest BCUT2D eigenvalue weighted by Crippen LogP contribution is 2.19. The molecular formula is C10H13IN2O2. The van der Waals surface area contributed by atoms with Gasteiger partial charge in [-0.05, 0) is 40.8 Å². The van der Waals surface area contributed by atoms with Crippen LogP contribution in [-0.4, -0.2) is 32.2 Å². The Morgan fingerprint density at radius 1 is 1.53 bits per heavy atom. The van der Waals surface area contributed by atoms with Gasteiger partial charge < -0.3 is 5.32 Å². The number of nitrogens with one attached hydrogen (secondary N) is 1. The van der Waals surface area contributed by atoms with Crippen LogP contribution < -0.4 is 5.32 Å². The minimum atomic E-state index is -0.168. The molecule has 4 nitrogen and oxygen atoms in total. The van der Waals surface area contributed by atoms with Crippen LogP contribution in [0.25, 0.3) is 0 Å². The molecule has 1 aromatic carbocycles. The van der Waals surface area contributed by atoms with E-state index in [0.717, 1.165) is 9.26 Å². The average Bonchev–Trinajstić information content (AvgIpc) is 2.26. The van der Waals surface area contributed by atoms with Gasteiger partial charge in [0.05, 0.1) is 12.7 Å². The van der Waals surface area contributed by atoms with Crippen LogP contribution in [0, 0.1) is 3.57 Å². The number of halogens is 1. The van der Waals surface area contributed by atoms with Gasteiger partial charge in [0.2, 0.25) is 0 Å². The summed E-state index contributed by atoms with van der Waals surface area (Å²) >= 11 is 2.20. The number of benzene rings is 1. The lowest BCUT2D eigenvalue weighted by atomic mass is 10.1. The summed E-state index contributed by atoms with van der Waals surface area (Å²) in [5, 5.41) is 4.19. The van der Waals surface area contributed by atoms with Crippen molar-refractivity contribution in [2.75, 3.05) is 26.5 Å². The molecule has 0 radical (unpaired) electrons. The maximum atomic E-state index is 11.8. The first-order valence-corrected chi connectivity index (χ1v) is 5.47. The largest absolute Gasteiger partial charge is 0.387 e. The Morgan fingerprint density at radius 2 is 2.20 bits per heavy atom. The first-order chi connectivity index (χ1) is 7.10. The van der Waals surface area contributed by atoms with Gasteiger partial charge in [0.25, 0.3) is 5.91 Å². The van der Waals surface area contributed by atoms with Crippen LogP contribution in [0.4, 0.5) is 5.69 Å². The summed E-state index contributed by atoms with van der Waals surface area (Å²) in [4.78, 5) is 16.7. The average molecular weight is 320 g/mol. The van der Waals surface area contributed by atoms with E-state index in [1.165, 1.54) is 12.2 Å². The molecule has 0 saturated carbocycles. The Kier molecular flexibility index (Phi) is 4.34. The van der Waals surface area contributed by atoms with Crippen molar-refractivity contribution in [3.63, 3.8) is 0 Å². The molecule has 0 aliphatic heterocycles. The van der Waals surface area contributed by atoms with Crippen molar-refractivity contribution in [1.29, 1.82) is 0 Å². The lowest BCUT2D eigenvalue weighted by Gasteiger charge is -2.16. The molecule has 1 aromatic rings. The Labute approximate surface area is 103 Å². The van der Waals surface area contributed by atoms with E-state index in [1.807, 2.05) is 12.1 Å². The Balaban J connectivity index is 3.08. The molecule has 1 N–H and O–H groups in total. The highest BCUT2D eigenvalue weighted by Gasteiger charge is 2.15. The van der Waals surface area contributed by atoms with Gasteiger partial charge in [-0.25, -0.2) is 5.06 Å². The standard InChI is InChI=1S/C10H13IN2O2/c1-12-9-6-7(11)4-5-8(9)10(14)13(2)15-3/h4-6,12H,1-3H3. The molecule has 0 atom stereocenters. The van der Waals surface area contributed by atoms with Crippen LogP contribution in [0.1, 0.15) is 10.4 Å². The molecule has 0 aliphatic rings. The maximum absolute atomic E-state index is 11.8. The second kappa shape index (κ2) is 5.32. The first kappa shape index (κ1) is 12.3. The van der Waals surface area contributed by atoms with Crippen molar-refractivity contribution in [1.82, 2.24) is 5.06 Å². The summed E-state index contributed by atoms with van der Waals surface area (Å²) in [6, 6.07) is 5.58. The lowest BCUT2D eigenvalue weighted by molar-refractivity contribution is -0.0756. The van der Waals surface area contributed by atoms with Crippen molar-refractivity contribution in [2.24, 2.45) is 0 Å². The molecule has 0 spiro atoms. The van der Waals surface area contributed by atoms with Crippen LogP contribution in [-0.2, 0) is 4.84 Å². The monoisotopic (exact) mass is 320 g/mol. The minimum Gasteiger partial charge on any atom is -0.387 e. The summed E-state index contributed by atoms with van der Waals surface area (Å²) in [6.45, 7) is 0. The van der Waals surface area contributed by atoms with E-state index in [-0.39, 0.29) is 5.91 Å². The topological polar surface area (TPSA) is 41.6 Å². The van der Waals surface area contributed by atoms with Crippen LogP contribution in [0.5, 0.6) is 0 Å². The van der Waals surface area contributed by atoms with E-state index >= 15 is 0 Å². The fourth-order valence-corrected chi connectivity index (χ4v) is 1.65.